The lowest BCUT2D eigenvalue weighted by Gasteiger charge is -1.94. The van der Waals surface area contributed by atoms with Gasteiger partial charge in [-0.3, -0.25) is 0 Å². The Hall–Kier alpha value is -1.21. The first-order valence-corrected chi connectivity index (χ1v) is 4.86. The predicted molar refractivity (Wildman–Crippen MR) is 61.7 cm³/mol. The maximum Gasteiger partial charge on any atom is 0.234 e. The lowest BCUT2D eigenvalue weighted by Crippen LogP contribution is -1.84. The van der Waals surface area contributed by atoms with E-state index in [0.29, 0.717) is 6.54 Å². The number of hydrogen-bond acceptors (Lipinski definition) is 3. The maximum atomic E-state index is 9.63. The van der Waals surface area contributed by atoms with Crippen LogP contribution in [-0.4, -0.2) is 25.9 Å². The van der Waals surface area contributed by atoms with E-state index in [1.807, 2.05) is 6.92 Å². The molecule has 0 saturated carbocycles. The van der Waals surface area contributed by atoms with Crippen LogP contribution in [0.15, 0.2) is 22.6 Å². The molecule has 0 spiro atoms. The van der Waals surface area contributed by atoms with Gasteiger partial charge in [-0.2, -0.15) is 0 Å². The van der Waals surface area contributed by atoms with Crippen LogP contribution in [-0.2, 0) is 4.79 Å². The SMILES string of the molecule is C=CC.C=NCCCCCCN=C=O. The highest BCUT2D eigenvalue weighted by Crippen LogP contribution is 1.99. The number of unbranched alkanes of at least 4 members (excludes halogenated alkanes) is 3. The molecular formula is C11H20N2O. The van der Waals surface area contributed by atoms with Crippen LogP contribution in [0.5, 0.6) is 0 Å². The summed E-state index contributed by atoms with van der Waals surface area (Å²) in [6.07, 6.45) is 7.59. The van der Waals surface area contributed by atoms with Crippen molar-refractivity contribution in [1.29, 1.82) is 0 Å². The van der Waals surface area contributed by atoms with E-state index in [-0.39, 0.29) is 0 Å². The molecule has 0 fully saturated rings. The van der Waals surface area contributed by atoms with Gasteiger partial charge in [-0.25, -0.2) is 9.79 Å². The number of hydrogen-bond donors (Lipinski definition) is 0. The molecule has 0 saturated heterocycles. The molecule has 0 aliphatic rings. The molecule has 0 aromatic heterocycles. The molecule has 0 rings (SSSR count). The van der Waals surface area contributed by atoms with Crippen LogP contribution in [0.2, 0.25) is 0 Å². The van der Waals surface area contributed by atoms with Crippen molar-refractivity contribution >= 4 is 12.8 Å². The minimum Gasteiger partial charge on any atom is -0.301 e. The van der Waals surface area contributed by atoms with Crippen LogP contribution < -0.4 is 0 Å². The zero-order valence-electron chi connectivity index (χ0n) is 9.04. The van der Waals surface area contributed by atoms with Crippen molar-refractivity contribution in [2.75, 3.05) is 13.1 Å². The average molecular weight is 196 g/mol. The highest BCUT2D eigenvalue weighted by Gasteiger charge is 1.87. The summed E-state index contributed by atoms with van der Waals surface area (Å²) in [5.41, 5.74) is 0. The Bertz CT molecular complexity index is 172. The van der Waals surface area contributed by atoms with Gasteiger partial charge in [-0.1, -0.05) is 18.9 Å². The Kier molecular flexibility index (Phi) is 19.4. The van der Waals surface area contributed by atoms with Gasteiger partial charge >= 0.3 is 0 Å². The van der Waals surface area contributed by atoms with Crippen molar-refractivity contribution in [3.8, 4) is 0 Å². The van der Waals surface area contributed by atoms with Gasteiger partial charge in [0.2, 0.25) is 6.08 Å². The van der Waals surface area contributed by atoms with E-state index >= 15 is 0 Å². The third-order valence-electron chi connectivity index (χ3n) is 1.40. The Morgan fingerprint density at radius 1 is 1.21 bits per heavy atom. The summed E-state index contributed by atoms with van der Waals surface area (Å²) in [6.45, 7) is 10.1. The monoisotopic (exact) mass is 196 g/mol. The second-order valence-corrected chi connectivity index (χ2v) is 2.74. The molecular weight excluding hydrogens is 176 g/mol. The second-order valence-electron chi connectivity index (χ2n) is 2.74. The molecule has 0 N–H and O–H groups in total. The molecule has 0 amide bonds. The molecule has 0 unspecified atom stereocenters. The quantitative estimate of drug-likeness (QED) is 0.267. The van der Waals surface area contributed by atoms with Gasteiger partial charge in [0.05, 0.1) is 6.54 Å². The molecule has 0 heterocycles. The second kappa shape index (κ2) is 17.8. The molecule has 0 bridgehead atoms. The highest BCUT2D eigenvalue weighted by molar-refractivity contribution is 5.32. The number of isocyanates is 1. The van der Waals surface area contributed by atoms with Crippen molar-refractivity contribution in [1.82, 2.24) is 0 Å². The first kappa shape index (κ1) is 15.3. The zero-order valence-corrected chi connectivity index (χ0v) is 9.04. The van der Waals surface area contributed by atoms with Gasteiger partial charge in [0.15, 0.2) is 0 Å². The highest BCUT2D eigenvalue weighted by atomic mass is 16.1. The zero-order chi connectivity index (χ0) is 11.1. The third kappa shape index (κ3) is 22.4. The van der Waals surface area contributed by atoms with Gasteiger partial charge in [0.1, 0.15) is 0 Å². The first-order chi connectivity index (χ1) is 6.83. The number of carbonyl (C=O) groups excluding carboxylic acids is 1. The van der Waals surface area contributed by atoms with Crippen LogP contribution in [0.4, 0.5) is 0 Å². The molecule has 3 heteroatoms. The summed E-state index contributed by atoms with van der Waals surface area (Å²) < 4.78 is 0. The number of nitrogens with zero attached hydrogens (tertiary/aromatic N) is 2. The molecule has 80 valence electrons. The standard InChI is InChI=1S/C8H14N2O.C3H6/c1-9-6-4-2-3-5-7-10-8-11;1-3-2/h1-7H2;3H,1H2,2H3. The minimum absolute atomic E-state index is 0.616. The summed E-state index contributed by atoms with van der Waals surface area (Å²) in [4.78, 5) is 16.8. The van der Waals surface area contributed by atoms with E-state index in [9.17, 15) is 4.79 Å². The molecule has 14 heavy (non-hydrogen) atoms. The summed E-state index contributed by atoms with van der Waals surface area (Å²) >= 11 is 0. The van der Waals surface area contributed by atoms with E-state index in [0.717, 1.165) is 32.2 Å². The van der Waals surface area contributed by atoms with Gasteiger partial charge < -0.3 is 4.99 Å². The largest absolute Gasteiger partial charge is 0.301 e. The maximum absolute atomic E-state index is 9.63. The summed E-state index contributed by atoms with van der Waals surface area (Å²) in [6, 6.07) is 0. The third-order valence-corrected chi connectivity index (χ3v) is 1.40. The van der Waals surface area contributed by atoms with Crippen molar-refractivity contribution < 1.29 is 4.79 Å². The van der Waals surface area contributed by atoms with Gasteiger partial charge in [0, 0.05) is 6.54 Å². The van der Waals surface area contributed by atoms with Gasteiger partial charge in [0.25, 0.3) is 0 Å². The molecule has 0 aromatic carbocycles. The molecule has 0 aliphatic heterocycles. The van der Waals surface area contributed by atoms with Crippen LogP contribution in [0.1, 0.15) is 32.6 Å². The summed E-state index contributed by atoms with van der Waals surface area (Å²) in [7, 11) is 0. The van der Waals surface area contributed by atoms with E-state index in [4.69, 9.17) is 0 Å². The Morgan fingerprint density at radius 2 is 1.71 bits per heavy atom. The molecule has 3 nitrogen and oxygen atoms in total. The predicted octanol–water partition coefficient (Wildman–Crippen LogP) is 2.78. The van der Waals surface area contributed by atoms with Crippen molar-refractivity contribution in [3.05, 3.63) is 12.7 Å². The normalized spacial score (nSPS) is 7.79. The fourth-order valence-corrected chi connectivity index (χ4v) is 0.814. The fourth-order valence-electron chi connectivity index (χ4n) is 0.814. The number of rotatable bonds is 7. The Balaban J connectivity index is 0. The lowest BCUT2D eigenvalue weighted by molar-refractivity contribution is 0.561. The van der Waals surface area contributed by atoms with Crippen LogP contribution >= 0.6 is 0 Å². The topological polar surface area (TPSA) is 41.8 Å². The van der Waals surface area contributed by atoms with Crippen LogP contribution in [0.25, 0.3) is 0 Å². The first-order valence-electron chi connectivity index (χ1n) is 4.86. The molecule has 0 aliphatic carbocycles. The fraction of sp³-hybridized carbons (Fsp3) is 0.636. The molecule has 0 aromatic rings. The van der Waals surface area contributed by atoms with Crippen LogP contribution in [0, 0.1) is 0 Å². The van der Waals surface area contributed by atoms with Crippen molar-refractivity contribution in [2.24, 2.45) is 9.98 Å². The van der Waals surface area contributed by atoms with Crippen LogP contribution in [0.3, 0.4) is 0 Å². The van der Waals surface area contributed by atoms with Gasteiger partial charge in [-0.15, -0.1) is 6.58 Å². The van der Waals surface area contributed by atoms with E-state index < -0.39 is 0 Å². The molecule has 0 atom stereocenters. The van der Waals surface area contributed by atoms with E-state index in [2.05, 4.69) is 23.3 Å². The Labute approximate surface area is 86.7 Å². The van der Waals surface area contributed by atoms with Crippen molar-refractivity contribution in [2.45, 2.75) is 32.6 Å². The number of aliphatic imine (C=N–C) groups is 2. The van der Waals surface area contributed by atoms with E-state index in [1.54, 1.807) is 6.08 Å². The summed E-state index contributed by atoms with van der Waals surface area (Å²) in [5, 5.41) is 0. The average Bonchev–Trinajstić information content (AvgIpc) is 2.18. The summed E-state index contributed by atoms with van der Waals surface area (Å²) in [5.74, 6) is 0. The van der Waals surface area contributed by atoms with E-state index in [1.165, 1.54) is 6.08 Å². The Morgan fingerprint density at radius 3 is 2.14 bits per heavy atom. The minimum atomic E-state index is 0.616. The molecule has 0 radical (unpaired) electrons. The van der Waals surface area contributed by atoms with Gasteiger partial charge in [-0.05, 0) is 26.5 Å². The smallest absolute Gasteiger partial charge is 0.234 e. The van der Waals surface area contributed by atoms with Crippen molar-refractivity contribution in [3.63, 3.8) is 0 Å². The number of allylic oxidation sites excluding steroid dienone is 1. The lowest BCUT2D eigenvalue weighted by atomic mass is 10.2.